The minimum absolute atomic E-state index is 0.00557. The first-order valence-electron chi connectivity index (χ1n) is 14.2. The molecule has 3 amide bonds. The number of fused-ring (bicyclic) bond motifs is 1. The number of ether oxygens (including phenoxy) is 1. The van der Waals surface area contributed by atoms with Crippen LogP contribution in [0, 0.1) is 11.7 Å². The van der Waals surface area contributed by atoms with Crippen molar-refractivity contribution in [3.8, 4) is 0 Å². The van der Waals surface area contributed by atoms with E-state index in [0.29, 0.717) is 31.2 Å². The van der Waals surface area contributed by atoms with Gasteiger partial charge in [-0.15, -0.1) is 0 Å². The fourth-order valence-corrected chi connectivity index (χ4v) is 6.30. The molecule has 2 heterocycles. The molecule has 12 heteroatoms. The molecule has 1 saturated carbocycles. The van der Waals surface area contributed by atoms with E-state index in [2.05, 4.69) is 10.6 Å². The molecule has 0 bridgehead atoms. The molecule has 1 atom stereocenters. The molecular formula is C31H33ClF2N4O5. The normalized spacial score (nSPS) is 21.9. The lowest BCUT2D eigenvalue weighted by atomic mass is 9.86. The van der Waals surface area contributed by atoms with Crippen LogP contribution in [-0.2, 0) is 32.6 Å². The van der Waals surface area contributed by atoms with Gasteiger partial charge in [0.1, 0.15) is 5.82 Å². The van der Waals surface area contributed by atoms with E-state index in [4.69, 9.17) is 16.3 Å². The highest BCUT2D eigenvalue weighted by atomic mass is 35.5. The lowest BCUT2D eigenvalue weighted by Crippen LogP contribution is -2.57. The number of benzene rings is 2. The second-order valence-electron chi connectivity index (χ2n) is 11.2. The summed E-state index contributed by atoms with van der Waals surface area (Å²) in [5.74, 6) is -6.07. The Morgan fingerprint density at radius 2 is 1.84 bits per heavy atom. The highest BCUT2D eigenvalue weighted by molar-refractivity contribution is 6.34. The lowest BCUT2D eigenvalue weighted by molar-refractivity contribution is -0.156. The van der Waals surface area contributed by atoms with Crippen LogP contribution >= 0.6 is 11.6 Å². The number of alkyl halides is 1. The molecule has 2 fully saturated rings. The summed E-state index contributed by atoms with van der Waals surface area (Å²) in [5.41, 5.74) is 1.17. The van der Waals surface area contributed by atoms with E-state index in [9.17, 15) is 19.2 Å². The Morgan fingerprint density at radius 1 is 1.12 bits per heavy atom. The standard InChI is InChI=1S/C31H33ClF2N4O5/c1-37-17-22(21-6-3-4-7-26(21)37)28(40)36-25-16-24(33)19(14-23(25)32)15-27(39)38-13-5-12-31(38,34)30(42)35-20-10-8-18(9-11-20)29(41)43-2/h3-4,6-7,14,16-18,20H,5,8-13,15H2,1-2H3,(H,35,42)(H,36,40)/t18?,20?,31-/m1/s1. The highest BCUT2D eigenvalue weighted by Gasteiger charge is 2.51. The zero-order valence-corrected chi connectivity index (χ0v) is 24.7. The minimum Gasteiger partial charge on any atom is -0.469 e. The third-order valence-corrected chi connectivity index (χ3v) is 8.74. The molecule has 2 aliphatic rings. The number of carbonyl (C=O) groups is 4. The quantitative estimate of drug-likeness (QED) is 0.291. The summed E-state index contributed by atoms with van der Waals surface area (Å²) in [6.07, 6.45) is 3.24. The Hall–Kier alpha value is -3.99. The number of nitrogens with zero attached hydrogens (tertiary/aromatic N) is 2. The third kappa shape index (κ3) is 6.08. The van der Waals surface area contributed by atoms with Gasteiger partial charge in [0.05, 0.1) is 35.7 Å². The largest absolute Gasteiger partial charge is 0.469 e. The van der Waals surface area contributed by atoms with Gasteiger partial charge < -0.3 is 24.8 Å². The van der Waals surface area contributed by atoms with Crippen molar-refractivity contribution in [1.29, 1.82) is 0 Å². The van der Waals surface area contributed by atoms with E-state index in [0.717, 1.165) is 21.9 Å². The summed E-state index contributed by atoms with van der Waals surface area (Å²) in [7, 11) is 3.14. The molecule has 2 aromatic carbocycles. The number of methoxy groups -OCH3 is 1. The Morgan fingerprint density at radius 3 is 2.56 bits per heavy atom. The molecule has 1 saturated heterocycles. The minimum atomic E-state index is -2.57. The summed E-state index contributed by atoms with van der Waals surface area (Å²) in [5, 5.41) is 6.06. The Kier molecular flexibility index (Phi) is 8.73. The van der Waals surface area contributed by atoms with Gasteiger partial charge >= 0.3 is 5.97 Å². The number of nitrogens with one attached hydrogen (secondary N) is 2. The molecule has 228 valence electrons. The Labute approximate surface area is 252 Å². The van der Waals surface area contributed by atoms with Gasteiger partial charge in [0.2, 0.25) is 5.91 Å². The summed E-state index contributed by atoms with van der Waals surface area (Å²) < 4.78 is 37.8. The number of amides is 3. The van der Waals surface area contributed by atoms with Crippen molar-refractivity contribution in [3.05, 3.63) is 64.6 Å². The molecule has 9 nitrogen and oxygen atoms in total. The van der Waals surface area contributed by atoms with Gasteiger partial charge in [-0.1, -0.05) is 29.8 Å². The fourth-order valence-electron chi connectivity index (χ4n) is 6.07. The molecule has 1 aromatic heterocycles. The molecule has 5 rings (SSSR count). The number of carbonyl (C=O) groups excluding carboxylic acids is 4. The topological polar surface area (TPSA) is 110 Å². The Balaban J connectivity index is 1.24. The van der Waals surface area contributed by atoms with Crippen molar-refractivity contribution in [2.45, 2.75) is 56.8 Å². The van der Waals surface area contributed by atoms with Crippen LogP contribution in [0.1, 0.15) is 54.4 Å². The summed E-state index contributed by atoms with van der Waals surface area (Å²) in [6.45, 7) is 0.00631. The molecule has 0 radical (unpaired) electrons. The number of aromatic nitrogens is 1. The number of hydrogen-bond donors (Lipinski definition) is 2. The van der Waals surface area contributed by atoms with Crippen molar-refractivity contribution in [2.24, 2.45) is 13.0 Å². The second kappa shape index (κ2) is 12.3. The zero-order valence-electron chi connectivity index (χ0n) is 23.9. The van der Waals surface area contributed by atoms with Gasteiger partial charge in [-0.3, -0.25) is 19.2 Å². The Bertz CT molecular complexity index is 1590. The van der Waals surface area contributed by atoms with E-state index in [1.165, 1.54) is 13.2 Å². The number of esters is 1. The van der Waals surface area contributed by atoms with E-state index in [1.807, 2.05) is 25.2 Å². The van der Waals surface area contributed by atoms with Crippen LogP contribution < -0.4 is 10.6 Å². The molecule has 3 aromatic rings. The van der Waals surface area contributed by atoms with Crippen LogP contribution in [-0.4, -0.2) is 58.6 Å². The van der Waals surface area contributed by atoms with Gasteiger partial charge in [-0.05, 0) is 55.9 Å². The molecule has 2 N–H and O–H groups in total. The number of halogens is 3. The molecular weight excluding hydrogens is 582 g/mol. The smallest absolute Gasteiger partial charge is 0.308 e. The maximum atomic E-state index is 16.0. The first-order chi connectivity index (χ1) is 20.5. The van der Waals surface area contributed by atoms with Crippen molar-refractivity contribution in [1.82, 2.24) is 14.8 Å². The maximum Gasteiger partial charge on any atom is 0.308 e. The SMILES string of the molecule is COC(=O)C1CCC(NC(=O)[C@@]2(F)CCCN2C(=O)Cc2cc(Cl)c(NC(=O)c3cn(C)c4ccccc34)cc2F)CC1. The van der Waals surface area contributed by atoms with E-state index >= 15 is 8.78 Å². The number of likely N-dealkylation sites (tertiary alicyclic amines) is 1. The zero-order chi connectivity index (χ0) is 30.9. The first-order valence-corrected chi connectivity index (χ1v) is 14.6. The van der Waals surface area contributed by atoms with Gasteiger partial charge in [0.15, 0.2) is 0 Å². The van der Waals surface area contributed by atoms with Crippen LogP contribution in [0.4, 0.5) is 14.5 Å². The number of anilines is 1. The van der Waals surface area contributed by atoms with E-state index in [-0.39, 0.29) is 53.6 Å². The molecule has 0 spiro atoms. The van der Waals surface area contributed by atoms with Crippen LogP contribution in [0.15, 0.2) is 42.6 Å². The van der Waals surface area contributed by atoms with Gasteiger partial charge in [-0.2, -0.15) is 0 Å². The predicted molar refractivity (Wildman–Crippen MR) is 157 cm³/mol. The molecule has 1 aliphatic heterocycles. The third-order valence-electron chi connectivity index (χ3n) is 8.43. The van der Waals surface area contributed by atoms with Gasteiger partial charge in [0.25, 0.3) is 17.6 Å². The number of hydrogen-bond acceptors (Lipinski definition) is 5. The first kappa shape index (κ1) is 30.5. The number of rotatable bonds is 7. The van der Waals surface area contributed by atoms with E-state index in [1.54, 1.807) is 16.8 Å². The van der Waals surface area contributed by atoms with E-state index < -0.39 is 35.8 Å². The van der Waals surface area contributed by atoms with Crippen molar-refractivity contribution < 1.29 is 32.7 Å². The number of para-hydroxylation sites is 1. The second-order valence-corrected chi connectivity index (χ2v) is 11.6. The predicted octanol–water partition coefficient (Wildman–Crippen LogP) is 4.90. The van der Waals surface area contributed by atoms with Gasteiger partial charge in [-0.25, -0.2) is 8.78 Å². The summed E-state index contributed by atoms with van der Waals surface area (Å²) >= 11 is 6.37. The van der Waals surface area contributed by atoms with Crippen molar-refractivity contribution >= 4 is 51.9 Å². The summed E-state index contributed by atoms with van der Waals surface area (Å²) in [6, 6.07) is 9.27. The molecule has 1 aliphatic carbocycles. The average Bonchev–Trinajstić information content (AvgIpc) is 3.56. The van der Waals surface area contributed by atoms with Gasteiger partial charge in [0, 0.05) is 43.2 Å². The lowest BCUT2D eigenvalue weighted by Gasteiger charge is -2.33. The van der Waals surface area contributed by atoms with Crippen LogP contribution in [0.5, 0.6) is 0 Å². The van der Waals surface area contributed by atoms with Crippen LogP contribution in [0.2, 0.25) is 5.02 Å². The van der Waals surface area contributed by atoms with Crippen molar-refractivity contribution in [3.63, 3.8) is 0 Å². The highest BCUT2D eigenvalue weighted by Crippen LogP contribution is 2.34. The number of aryl methyl sites for hydroxylation is 1. The fraction of sp³-hybridized carbons (Fsp3) is 0.419. The van der Waals surface area contributed by atoms with Crippen LogP contribution in [0.25, 0.3) is 10.9 Å². The van der Waals surface area contributed by atoms with Crippen LogP contribution in [0.3, 0.4) is 0 Å². The molecule has 0 unspecified atom stereocenters. The molecule has 43 heavy (non-hydrogen) atoms. The summed E-state index contributed by atoms with van der Waals surface area (Å²) in [4.78, 5) is 51.9. The monoisotopic (exact) mass is 614 g/mol. The maximum absolute atomic E-state index is 16.0. The average molecular weight is 615 g/mol. The van der Waals surface area contributed by atoms with Crippen molar-refractivity contribution in [2.75, 3.05) is 19.0 Å².